The molecule has 102 valence electrons. The van der Waals surface area contributed by atoms with Gasteiger partial charge in [-0.25, -0.2) is 4.39 Å². The highest BCUT2D eigenvalue weighted by molar-refractivity contribution is 6.52. The van der Waals surface area contributed by atoms with Crippen LogP contribution in [0.25, 0.3) is 0 Å². The number of Topliss-reactive ketones (excluding diaryl/α,β-unsaturated/α-hetero) is 1. The number of benzene rings is 1. The average molecular weight is 286 g/mol. The Morgan fingerprint density at radius 3 is 2.74 bits per heavy atom. The molecule has 1 aliphatic rings. The molecule has 0 aromatic heterocycles. The van der Waals surface area contributed by atoms with Crippen molar-refractivity contribution in [2.45, 2.75) is 12.8 Å². The molecular formula is C13H13ClFNO3. The summed E-state index contributed by atoms with van der Waals surface area (Å²) < 4.78 is 18.4. The zero-order valence-electron chi connectivity index (χ0n) is 10.4. The molecule has 0 N–H and O–H groups in total. The largest absolute Gasteiger partial charge is 0.385 e. The van der Waals surface area contributed by atoms with Crippen molar-refractivity contribution in [2.75, 3.05) is 25.2 Å². The Kier molecular flexibility index (Phi) is 4.17. The fourth-order valence-electron chi connectivity index (χ4n) is 2.03. The quantitative estimate of drug-likeness (QED) is 0.617. The van der Waals surface area contributed by atoms with Gasteiger partial charge in [-0.05, 0) is 25.0 Å². The van der Waals surface area contributed by atoms with E-state index in [1.807, 2.05) is 0 Å². The molecule has 1 aliphatic heterocycles. The van der Waals surface area contributed by atoms with Gasteiger partial charge >= 0.3 is 0 Å². The number of carbonyl (C=O) groups excluding carboxylic acids is 2. The zero-order valence-corrected chi connectivity index (χ0v) is 11.2. The first-order valence-corrected chi connectivity index (χ1v) is 6.28. The number of unbranched alkanes of at least 4 members (excludes halogenated alkanes) is 1. The normalized spacial score (nSPS) is 14.2. The van der Waals surface area contributed by atoms with E-state index in [0.29, 0.717) is 25.3 Å². The average Bonchev–Trinajstić information content (AvgIpc) is 2.60. The summed E-state index contributed by atoms with van der Waals surface area (Å²) in [5.41, 5.74) is 0.470. The Hall–Kier alpha value is -1.46. The molecule has 2 rings (SSSR count). The number of anilines is 1. The van der Waals surface area contributed by atoms with Gasteiger partial charge in [0.2, 0.25) is 0 Å². The lowest BCUT2D eigenvalue weighted by Crippen LogP contribution is -2.30. The van der Waals surface area contributed by atoms with Crippen molar-refractivity contribution in [3.05, 3.63) is 28.5 Å². The second-order valence-corrected chi connectivity index (χ2v) is 4.68. The molecule has 0 spiro atoms. The number of hydrogen-bond acceptors (Lipinski definition) is 3. The number of amides is 1. The molecule has 0 radical (unpaired) electrons. The molecule has 4 nitrogen and oxygen atoms in total. The van der Waals surface area contributed by atoms with E-state index in [0.717, 1.165) is 12.5 Å². The molecule has 0 bridgehead atoms. The fraction of sp³-hybridized carbons (Fsp3) is 0.385. The minimum Gasteiger partial charge on any atom is -0.385 e. The van der Waals surface area contributed by atoms with Crippen LogP contribution in [0.1, 0.15) is 23.2 Å². The Morgan fingerprint density at radius 1 is 1.32 bits per heavy atom. The van der Waals surface area contributed by atoms with E-state index in [4.69, 9.17) is 16.3 Å². The Labute approximate surface area is 115 Å². The van der Waals surface area contributed by atoms with Crippen LogP contribution < -0.4 is 4.90 Å². The lowest BCUT2D eigenvalue weighted by Gasteiger charge is -2.16. The lowest BCUT2D eigenvalue weighted by atomic mass is 10.1. The predicted molar refractivity (Wildman–Crippen MR) is 69.2 cm³/mol. The van der Waals surface area contributed by atoms with Crippen LogP contribution in [0.2, 0.25) is 5.02 Å². The Morgan fingerprint density at radius 2 is 2.05 bits per heavy atom. The van der Waals surface area contributed by atoms with Gasteiger partial charge < -0.3 is 9.64 Å². The highest BCUT2D eigenvalue weighted by atomic mass is 35.5. The van der Waals surface area contributed by atoms with Gasteiger partial charge in [0.25, 0.3) is 11.7 Å². The van der Waals surface area contributed by atoms with Crippen LogP contribution in [-0.2, 0) is 9.53 Å². The van der Waals surface area contributed by atoms with Crippen molar-refractivity contribution in [3.63, 3.8) is 0 Å². The molecular weight excluding hydrogens is 273 g/mol. The van der Waals surface area contributed by atoms with Gasteiger partial charge in [-0.2, -0.15) is 0 Å². The third-order valence-electron chi connectivity index (χ3n) is 2.99. The molecule has 1 aromatic rings. The van der Waals surface area contributed by atoms with E-state index in [9.17, 15) is 14.0 Å². The van der Waals surface area contributed by atoms with Crippen LogP contribution in [0, 0.1) is 5.82 Å². The summed E-state index contributed by atoms with van der Waals surface area (Å²) in [5.74, 6) is -1.90. The summed E-state index contributed by atoms with van der Waals surface area (Å²) in [5, 5.41) is -0.152. The van der Waals surface area contributed by atoms with Gasteiger partial charge in [-0.1, -0.05) is 11.6 Å². The second-order valence-electron chi connectivity index (χ2n) is 4.27. The SMILES string of the molecule is COCCCCN1C(=O)C(=O)c2cc(Cl)c(F)cc21. The third kappa shape index (κ3) is 2.62. The molecule has 6 heteroatoms. The number of hydrogen-bond donors (Lipinski definition) is 0. The molecule has 19 heavy (non-hydrogen) atoms. The number of carbonyl (C=O) groups is 2. The monoisotopic (exact) mass is 285 g/mol. The molecule has 1 heterocycles. The van der Waals surface area contributed by atoms with Crippen molar-refractivity contribution in [3.8, 4) is 0 Å². The van der Waals surface area contributed by atoms with E-state index >= 15 is 0 Å². The molecule has 0 aliphatic carbocycles. The maximum Gasteiger partial charge on any atom is 0.299 e. The van der Waals surface area contributed by atoms with Crippen molar-refractivity contribution >= 4 is 29.0 Å². The molecule has 0 fully saturated rings. The predicted octanol–water partition coefficient (Wildman–Crippen LogP) is 2.44. The molecule has 1 aromatic carbocycles. The number of nitrogens with zero attached hydrogens (tertiary/aromatic N) is 1. The third-order valence-corrected chi connectivity index (χ3v) is 3.28. The lowest BCUT2D eigenvalue weighted by molar-refractivity contribution is -0.114. The number of halogens is 2. The molecule has 0 atom stereocenters. The van der Waals surface area contributed by atoms with Crippen LogP contribution in [0.5, 0.6) is 0 Å². The maximum atomic E-state index is 13.4. The van der Waals surface area contributed by atoms with Crippen LogP contribution in [0.3, 0.4) is 0 Å². The highest BCUT2D eigenvalue weighted by Crippen LogP contribution is 2.33. The Bertz CT molecular complexity index is 533. The van der Waals surface area contributed by atoms with Gasteiger partial charge in [0.15, 0.2) is 0 Å². The highest BCUT2D eigenvalue weighted by Gasteiger charge is 2.36. The smallest absolute Gasteiger partial charge is 0.299 e. The number of ether oxygens (including phenoxy) is 1. The molecule has 1 amide bonds. The first-order valence-electron chi connectivity index (χ1n) is 5.90. The van der Waals surface area contributed by atoms with Crippen LogP contribution in [0.4, 0.5) is 10.1 Å². The first kappa shape index (κ1) is 14.0. The fourth-order valence-corrected chi connectivity index (χ4v) is 2.19. The summed E-state index contributed by atoms with van der Waals surface area (Å²) >= 11 is 5.63. The summed E-state index contributed by atoms with van der Waals surface area (Å²) in [6.07, 6.45) is 1.44. The number of methoxy groups -OCH3 is 1. The van der Waals surface area contributed by atoms with Gasteiger partial charge in [0, 0.05) is 20.3 Å². The Balaban J connectivity index is 2.21. The standard InChI is InChI=1S/C13H13ClFNO3/c1-19-5-3-2-4-16-11-7-10(15)9(14)6-8(11)12(17)13(16)18/h6-7H,2-5H2,1H3. The number of rotatable bonds is 5. The zero-order chi connectivity index (χ0) is 14.0. The van der Waals surface area contributed by atoms with Crippen LogP contribution in [-0.4, -0.2) is 32.0 Å². The first-order chi connectivity index (χ1) is 9.06. The molecule has 0 unspecified atom stereocenters. The van der Waals surface area contributed by atoms with Gasteiger partial charge in [0.05, 0.1) is 16.3 Å². The molecule has 0 saturated heterocycles. The van der Waals surface area contributed by atoms with Crippen molar-refractivity contribution < 1.29 is 18.7 Å². The van der Waals surface area contributed by atoms with E-state index in [2.05, 4.69) is 0 Å². The van der Waals surface area contributed by atoms with E-state index in [1.165, 1.54) is 11.0 Å². The van der Waals surface area contributed by atoms with Gasteiger partial charge in [-0.3, -0.25) is 9.59 Å². The minimum atomic E-state index is -0.636. The summed E-state index contributed by atoms with van der Waals surface area (Å²) in [4.78, 5) is 24.9. The van der Waals surface area contributed by atoms with Crippen LogP contribution in [0.15, 0.2) is 12.1 Å². The number of ketones is 1. The summed E-state index contributed by atoms with van der Waals surface area (Å²) in [6.45, 7) is 0.944. The van der Waals surface area contributed by atoms with Crippen LogP contribution >= 0.6 is 11.6 Å². The van der Waals surface area contributed by atoms with Crippen molar-refractivity contribution in [2.24, 2.45) is 0 Å². The van der Waals surface area contributed by atoms with Crippen molar-refractivity contribution in [1.82, 2.24) is 0 Å². The number of fused-ring (bicyclic) bond motifs is 1. The second kappa shape index (κ2) is 5.67. The van der Waals surface area contributed by atoms with Gasteiger partial charge in [-0.15, -0.1) is 0 Å². The maximum absolute atomic E-state index is 13.4. The van der Waals surface area contributed by atoms with Gasteiger partial charge in [0.1, 0.15) is 5.82 Å². The molecule has 0 saturated carbocycles. The minimum absolute atomic E-state index is 0.152. The van der Waals surface area contributed by atoms with E-state index < -0.39 is 17.5 Å². The van der Waals surface area contributed by atoms with Crippen molar-refractivity contribution in [1.29, 1.82) is 0 Å². The summed E-state index contributed by atoms with van der Waals surface area (Å²) in [7, 11) is 1.59. The summed E-state index contributed by atoms with van der Waals surface area (Å²) in [6, 6.07) is 2.35. The topological polar surface area (TPSA) is 46.6 Å². The van der Waals surface area contributed by atoms with E-state index in [-0.39, 0.29) is 10.6 Å². The van der Waals surface area contributed by atoms with E-state index in [1.54, 1.807) is 7.11 Å².